The van der Waals surface area contributed by atoms with Crippen molar-refractivity contribution in [3.05, 3.63) is 588 Å². The minimum atomic E-state index is -1.74. The SMILES string of the molecule is CC(C)C.CC(C)C.CC(C)C.CC(C)C.CC(C)C.[2H]c1c([2H])c([2H])c(-c2c([2H])c([2H])c(-c3ccccc3)c([2H])c2[2H])c([2H])c1[2H].[2H]c1c([2H])c([2H])c(-c2c([2H])c([2H])c([2H])c(-c3ccccc3)c2[2H])c([2H])c1[2H].[2H]c1c([2H])c([2H])c(-c2ccc3c(c2)C(c2ccccc2)(c2ccccc2)c2ccccc2-3)c([2H])c1[2H].[2H]c1c([2H])c([2H])c(C2(c3c([2H])c([2H])c([2H])c([2H])c3[2H])c3ccccc3-c3ccccc32)c([2H])c1[2H].[2H]c1c([2H])c([2H])c(C2(c3ccccc3)c3ccccc3-c3ccccc32)c([2H])c1[2H]. The van der Waals surface area contributed by atoms with Gasteiger partial charge >= 0.3 is 0 Å². The quantitative estimate of drug-likeness (QED) is 0.121. The van der Waals surface area contributed by atoms with Gasteiger partial charge in [0, 0.05) is 0 Å². The molecule has 0 fully saturated rings. The number of hydrogen-bond donors (Lipinski definition) is 0. The first-order chi connectivity index (χ1) is 82.5. The van der Waals surface area contributed by atoms with Crippen LogP contribution in [0.3, 0.4) is 0 Å². The fraction of sp³-hybridized carbons (Fsp3) is 0.168. The van der Waals surface area contributed by atoms with Gasteiger partial charge in [-0.25, -0.2) is 0 Å². The first kappa shape index (κ1) is 60.5. The second-order valence-corrected chi connectivity index (χ2v) is 35.7. The van der Waals surface area contributed by atoms with E-state index < -0.39 is 161 Å². The molecule has 3 aliphatic carbocycles. The van der Waals surface area contributed by atoms with Crippen LogP contribution in [0.25, 0.3) is 89.0 Å². The van der Waals surface area contributed by atoms with E-state index in [1.54, 1.807) is 97.1 Å². The van der Waals surface area contributed by atoms with E-state index in [1.807, 2.05) is 152 Å². The molecule has 0 bridgehead atoms. The maximum absolute atomic E-state index is 8.82. The lowest BCUT2D eigenvalue weighted by Crippen LogP contribution is -2.28. The van der Waals surface area contributed by atoms with Crippen LogP contribution in [-0.4, -0.2) is 0 Å². The summed E-state index contributed by atoms with van der Waals surface area (Å²) in [6, 6.07) is 74.8. The fourth-order valence-corrected chi connectivity index (χ4v) is 16.0. The smallest absolute Gasteiger partial charge is 0.0630 e. The van der Waals surface area contributed by atoms with Crippen LogP contribution in [0, 0.1) is 29.6 Å². The Bertz CT molecular complexity index is 8830. The average molecular weight is 1820 g/mol. The summed E-state index contributed by atoms with van der Waals surface area (Å²) >= 11 is 0. The third-order valence-electron chi connectivity index (χ3n) is 20.9. The molecule has 0 saturated carbocycles. The van der Waals surface area contributed by atoms with Gasteiger partial charge in [-0.1, -0.05) is 613 Å². The van der Waals surface area contributed by atoms with Crippen LogP contribution in [0.5, 0.6) is 0 Å². The molecule has 0 N–H and O–H groups in total. The zero-order chi connectivity index (χ0) is 129. The van der Waals surface area contributed by atoms with E-state index in [1.165, 1.54) is 0 Å². The van der Waals surface area contributed by atoms with Gasteiger partial charge in [-0.15, -0.1) is 0 Å². The molecule has 0 aromatic heterocycles. The Hall–Kier alpha value is -14.8. The molecule has 19 aromatic carbocycles. The molecule has 0 aliphatic heterocycles. The monoisotopic (exact) mass is 1820 g/mol. The summed E-state index contributed by atoms with van der Waals surface area (Å²) in [5, 5.41) is 0. The van der Waals surface area contributed by atoms with Crippen LogP contribution in [0.4, 0.5) is 0 Å². The lowest BCUT2D eigenvalue weighted by molar-refractivity contribution is 0.736. The molecule has 0 amide bonds. The molecule has 0 spiro atoms. The van der Waals surface area contributed by atoms with Gasteiger partial charge in [0.25, 0.3) is 0 Å². The van der Waals surface area contributed by atoms with Crippen LogP contribution >= 0.6 is 0 Å². The predicted molar refractivity (Wildman–Crippen MR) is 594 cm³/mol. The summed E-state index contributed by atoms with van der Waals surface area (Å²) in [6.07, 6.45) is 0. The van der Waals surface area contributed by atoms with Crippen LogP contribution < -0.4 is 0 Å². The molecule has 137 heavy (non-hydrogen) atoms. The van der Waals surface area contributed by atoms with Crippen molar-refractivity contribution >= 4 is 0 Å². The molecule has 0 unspecified atom stereocenters. The highest BCUT2D eigenvalue weighted by Crippen LogP contribution is 2.60. The molecule has 22 rings (SSSR count). The topological polar surface area (TPSA) is 0 Å². The average Bonchev–Trinajstić information content (AvgIpc) is 1.51. The van der Waals surface area contributed by atoms with Crippen molar-refractivity contribution in [2.24, 2.45) is 29.6 Å². The Morgan fingerprint density at radius 3 is 0.628 bits per heavy atom. The van der Waals surface area contributed by atoms with Gasteiger partial charge in [-0.2, -0.15) is 0 Å². The third kappa shape index (κ3) is 24.5. The molecule has 19 aromatic rings. The highest BCUT2D eigenvalue weighted by molar-refractivity contribution is 5.90. The lowest BCUT2D eigenvalue weighted by Gasteiger charge is -2.34. The third-order valence-corrected chi connectivity index (χ3v) is 20.9. The van der Waals surface area contributed by atoms with Crippen molar-refractivity contribution in [3.8, 4) is 89.0 Å². The van der Waals surface area contributed by atoms with Crippen molar-refractivity contribution in [2.75, 3.05) is 0 Å². The Labute approximate surface area is 874 Å². The van der Waals surface area contributed by atoms with E-state index in [4.69, 9.17) is 52.1 Å². The zero-order valence-corrected chi connectivity index (χ0v) is 80.1. The molecule has 0 heteroatoms. The number of rotatable bonds is 11. The molecule has 0 radical (unpaired) electrons. The lowest BCUT2D eigenvalue weighted by atomic mass is 9.67. The molecule has 0 atom stereocenters. The van der Waals surface area contributed by atoms with Gasteiger partial charge < -0.3 is 0 Å². The largest absolute Gasteiger partial charge is 0.0713 e. The Balaban J connectivity index is 0.000000172. The van der Waals surface area contributed by atoms with E-state index in [-0.39, 0.29) is 140 Å². The van der Waals surface area contributed by atoms with Gasteiger partial charge in [0.1, 0.15) is 0 Å². The normalized spacial score (nSPS) is 16.0. The van der Waals surface area contributed by atoms with Crippen LogP contribution in [0.15, 0.2) is 521 Å². The van der Waals surface area contributed by atoms with Crippen LogP contribution in [-0.2, 0) is 16.2 Å². The summed E-state index contributed by atoms with van der Waals surface area (Å²) in [5.41, 5.74) is 11.2. The summed E-state index contributed by atoms with van der Waals surface area (Å²) < 4.78 is 314. The Kier molecular flexibility index (Phi) is 21.8. The van der Waals surface area contributed by atoms with Crippen molar-refractivity contribution < 1.29 is 52.1 Å². The van der Waals surface area contributed by atoms with E-state index in [0.717, 1.165) is 90.8 Å². The van der Waals surface area contributed by atoms with Gasteiger partial charge in [-0.3, -0.25) is 0 Å². The Morgan fingerprint density at radius 2 is 0.336 bits per heavy atom. The van der Waals surface area contributed by atoms with Crippen LogP contribution in [0.1, 0.15) is 223 Å². The maximum atomic E-state index is 8.82. The first-order valence-corrected chi connectivity index (χ1v) is 46.1. The molecule has 0 nitrogen and oxygen atoms in total. The van der Waals surface area contributed by atoms with Crippen molar-refractivity contribution in [1.29, 1.82) is 0 Å². The number of fused-ring (bicyclic) bond motifs is 9. The van der Waals surface area contributed by atoms with Gasteiger partial charge in [0.05, 0.1) is 68.3 Å². The van der Waals surface area contributed by atoms with E-state index >= 15 is 0 Å². The van der Waals surface area contributed by atoms with Gasteiger partial charge in [0.15, 0.2) is 0 Å². The van der Waals surface area contributed by atoms with Crippen molar-refractivity contribution in [2.45, 2.75) is 120 Å². The summed E-state index contributed by atoms with van der Waals surface area (Å²) in [7, 11) is 0. The van der Waals surface area contributed by atoms with Crippen LogP contribution in [0.2, 0.25) is 0 Å². The van der Waals surface area contributed by atoms with Gasteiger partial charge in [-0.05, 0) is 197 Å². The minimum absolute atomic E-state index is 0.0819. The number of benzene rings is 19. The molecule has 0 saturated heterocycles. The summed E-state index contributed by atoms with van der Waals surface area (Å²) in [4.78, 5) is 0. The second kappa shape index (κ2) is 49.4. The molecule has 3 aliphatic rings. The molecule has 0 heterocycles. The van der Waals surface area contributed by atoms with Crippen molar-refractivity contribution in [1.82, 2.24) is 0 Å². The predicted octanol–water partition coefficient (Wildman–Crippen LogP) is 38.2. The van der Waals surface area contributed by atoms with E-state index in [2.05, 4.69) is 146 Å². The van der Waals surface area contributed by atoms with Crippen molar-refractivity contribution in [3.63, 3.8) is 0 Å². The van der Waals surface area contributed by atoms with E-state index in [0.29, 0.717) is 38.9 Å². The maximum Gasteiger partial charge on any atom is 0.0713 e. The summed E-state index contributed by atoms with van der Waals surface area (Å²) in [6.45, 7) is 32.5. The molecular formula is C137H136. The van der Waals surface area contributed by atoms with Gasteiger partial charge in [0.2, 0.25) is 0 Å². The standard InChI is InChI=1S/C31H22.2C25H18.2C18H14.5C4H10/c1-4-12-23(13-5-1)24-20-21-28-27-18-10-11-19-29(27)31(30(28)22-24,25-14-6-2-7-15-25)26-16-8-3-9-17-26;2*1-3-11-19(12-4-1)25(20-13-5-2-6-14-20)23-17-9-7-15-21(23)22-16-8-10-18-24(22)25;1-3-8-15(9-4-1)17-12-7-13-18(14-17)16-10-5-2-6-11-16;1-3-7-15(8-4-1)17-11-13-18(14-12-17)16-9-5-2-6-10-16;5*1-4(2)3/h1-22H;2*1-18H;2*1-14H;5*4H,1-3H3/i1D,4D,5D,12D,13D;1D,2D,3D,4D,5D,6D,11D,12D,13D,14D;1D,3D,4D,11D,12D;1D,3D,4D,7D,8D,9D,12D,13D,14D;1D,3D,4D,7D,8D,11D,12D,13D,14D;;;;;. The minimum Gasteiger partial charge on any atom is -0.0630 e. The Morgan fingerprint density at radius 1 is 0.146 bits per heavy atom. The highest BCUT2D eigenvalue weighted by atomic mass is 14.5. The molecular weight excluding hydrogens is 1650 g/mol. The first-order valence-electron chi connectivity index (χ1n) is 65.1. The molecule has 684 valence electrons. The summed E-state index contributed by atoms with van der Waals surface area (Å²) in [5.74, 6) is 4.17. The van der Waals surface area contributed by atoms with E-state index in [9.17, 15) is 0 Å². The number of hydrogen-bond acceptors (Lipinski definition) is 0. The second-order valence-electron chi connectivity index (χ2n) is 35.7. The zero-order valence-electron chi connectivity index (χ0n) is 118. The highest BCUT2D eigenvalue weighted by Gasteiger charge is 2.49. The fourth-order valence-electron chi connectivity index (χ4n) is 16.0.